The van der Waals surface area contributed by atoms with E-state index in [1.54, 1.807) is 12.4 Å². The molecule has 3 aromatic heterocycles. The number of aromatic nitrogens is 3. The fraction of sp³-hybridized carbons (Fsp3) is 0. The summed E-state index contributed by atoms with van der Waals surface area (Å²) in [7, 11) is 0. The fourth-order valence-corrected chi connectivity index (χ4v) is 1.66. The molecule has 16 heavy (non-hydrogen) atoms. The van der Waals surface area contributed by atoms with E-state index in [0.29, 0.717) is 0 Å². The molecule has 0 spiro atoms. The van der Waals surface area contributed by atoms with Crippen molar-refractivity contribution in [3.63, 3.8) is 0 Å². The summed E-state index contributed by atoms with van der Waals surface area (Å²) in [5.41, 5.74) is 2.91. The van der Waals surface area contributed by atoms with Crippen LogP contribution in [0.4, 0.5) is 0 Å². The van der Waals surface area contributed by atoms with Gasteiger partial charge in [-0.1, -0.05) is 6.07 Å². The van der Waals surface area contributed by atoms with E-state index >= 15 is 0 Å². The smallest absolute Gasteiger partial charge is 0.159 e. The average molecular weight is 207 g/mol. The van der Waals surface area contributed by atoms with E-state index in [4.69, 9.17) is 0 Å². The van der Waals surface area contributed by atoms with Gasteiger partial charge in [-0.25, -0.2) is 9.97 Å². The lowest BCUT2D eigenvalue weighted by molar-refractivity contribution is 1.28. The zero-order valence-electron chi connectivity index (χ0n) is 8.54. The Labute approximate surface area is 92.8 Å². The van der Waals surface area contributed by atoms with Crippen LogP contribution >= 0.6 is 0 Å². The fourth-order valence-electron chi connectivity index (χ4n) is 1.66. The number of rotatable bonds is 1. The molecule has 3 heteroatoms. The molecule has 0 unspecified atom stereocenters. The van der Waals surface area contributed by atoms with Crippen molar-refractivity contribution in [3.05, 3.63) is 55.1 Å². The molecule has 0 saturated carbocycles. The van der Waals surface area contributed by atoms with E-state index in [0.717, 1.165) is 22.2 Å². The van der Waals surface area contributed by atoms with Crippen LogP contribution in [0.5, 0.6) is 0 Å². The van der Waals surface area contributed by atoms with Crippen molar-refractivity contribution in [2.45, 2.75) is 0 Å². The number of hydrogen-bond acceptors (Lipinski definition) is 3. The van der Waals surface area contributed by atoms with E-state index in [2.05, 4.69) is 21.0 Å². The molecule has 0 radical (unpaired) electrons. The van der Waals surface area contributed by atoms with Crippen LogP contribution in [0, 0.1) is 0 Å². The van der Waals surface area contributed by atoms with Gasteiger partial charge in [-0.3, -0.25) is 4.98 Å². The first-order chi connectivity index (χ1) is 7.93. The topological polar surface area (TPSA) is 38.7 Å². The van der Waals surface area contributed by atoms with Crippen LogP contribution in [0.2, 0.25) is 0 Å². The van der Waals surface area contributed by atoms with Crippen LogP contribution < -0.4 is 0 Å². The standard InChI is InChI=1S/C13H9N3/c1-4-11(8-14-5-1)12-7-10-3-2-6-15-13(10)16-9-12/h1-9H. The van der Waals surface area contributed by atoms with Gasteiger partial charge in [0, 0.05) is 41.3 Å². The summed E-state index contributed by atoms with van der Waals surface area (Å²) >= 11 is 0. The summed E-state index contributed by atoms with van der Waals surface area (Å²) in [5, 5.41) is 1.05. The molecule has 0 fully saturated rings. The summed E-state index contributed by atoms with van der Waals surface area (Å²) in [5.74, 6) is 0. The third-order valence-corrected chi connectivity index (χ3v) is 2.45. The van der Waals surface area contributed by atoms with Crippen LogP contribution in [0.15, 0.2) is 55.1 Å². The van der Waals surface area contributed by atoms with Gasteiger partial charge in [0.1, 0.15) is 0 Å². The SMILES string of the molecule is c1cncc(-c2cnc3ncccc3c2)c1. The molecule has 3 nitrogen and oxygen atoms in total. The number of pyridine rings is 3. The van der Waals surface area contributed by atoms with Gasteiger partial charge in [0.15, 0.2) is 5.65 Å². The Morgan fingerprint density at radius 2 is 1.75 bits per heavy atom. The molecule has 0 amide bonds. The Balaban J connectivity index is 2.19. The maximum atomic E-state index is 4.32. The molecule has 3 aromatic rings. The van der Waals surface area contributed by atoms with Crippen molar-refractivity contribution in [2.75, 3.05) is 0 Å². The molecule has 3 rings (SSSR count). The predicted molar refractivity (Wildman–Crippen MR) is 62.8 cm³/mol. The number of nitrogens with zero attached hydrogens (tertiary/aromatic N) is 3. The van der Waals surface area contributed by atoms with Gasteiger partial charge in [-0.15, -0.1) is 0 Å². The zero-order chi connectivity index (χ0) is 10.8. The molecule has 0 aliphatic heterocycles. The van der Waals surface area contributed by atoms with Gasteiger partial charge in [0.2, 0.25) is 0 Å². The quantitative estimate of drug-likeness (QED) is 0.615. The van der Waals surface area contributed by atoms with Crippen molar-refractivity contribution in [1.82, 2.24) is 15.0 Å². The number of hydrogen-bond donors (Lipinski definition) is 0. The summed E-state index contributed by atoms with van der Waals surface area (Å²) in [6.45, 7) is 0. The minimum Gasteiger partial charge on any atom is -0.264 e. The second-order valence-corrected chi connectivity index (χ2v) is 3.52. The zero-order valence-corrected chi connectivity index (χ0v) is 8.54. The molecular weight excluding hydrogens is 198 g/mol. The van der Waals surface area contributed by atoms with Crippen molar-refractivity contribution in [3.8, 4) is 11.1 Å². The highest BCUT2D eigenvalue weighted by atomic mass is 14.8. The molecule has 0 bridgehead atoms. The largest absolute Gasteiger partial charge is 0.264 e. The Morgan fingerprint density at radius 3 is 2.62 bits per heavy atom. The highest BCUT2D eigenvalue weighted by molar-refractivity contribution is 5.80. The monoisotopic (exact) mass is 207 g/mol. The molecule has 0 aliphatic carbocycles. The molecule has 0 aromatic carbocycles. The Morgan fingerprint density at radius 1 is 0.812 bits per heavy atom. The number of fused-ring (bicyclic) bond motifs is 1. The van der Waals surface area contributed by atoms with Crippen molar-refractivity contribution >= 4 is 11.0 Å². The molecule has 0 atom stereocenters. The molecule has 3 heterocycles. The second-order valence-electron chi connectivity index (χ2n) is 3.52. The average Bonchev–Trinajstić information content (AvgIpc) is 2.39. The van der Waals surface area contributed by atoms with Crippen LogP contribution in [0.25, 0.3) is 22.2 Å². The van der Waals surface area contributed by atoms with E-state index in [-0.39, 0.29) is 0 Å². The lowest BCUT2D eigenvalue weighted by Crippen LogP contribution is -1.85. The van der Waals surface area contributed by atoms with Crippen LogP contribution in [0.1, 0.15) is 0 Å². The van der Waals surface area contributed by atoms with Gasteiger partial charge in [0.05, 0.1) is 0 Å². The maximum absolute atomic E-state index is 4.32. The second kappa shape index (κ2) is 3.70. The molecule has 0 aliphatic rings. The third-order valence-electron chi connectivity index (χ3n) is 2.45. The minimum absolute atomic E-state index is 0.773. The lowest BCUT2D eigenvalue weighted by Gasteiger charge is -2.01. The Bertz CT molecular complexity index is 620. The van der Waals surface area contributed by atoms with Crippen molar-refractivity contribution in [1.29, 1.82) is 0 Å². The van der Waals surface area contributed by atoms with E-state index in [1.165, 1.54) is 0 Å². The minimum atomic E-state index is 0.773. The Kier molecular flexibility index (Phi) is 2.07. The summed E-state index contributed by atoms with van der Waals surface area (Å²) in [4.78, 5) is 12.6. The highest BCUT2D eigenvalue weighted by Crippen LogP contribution is 2.20. The van der Waals surface area contributed by atoms with E-state index in [1.807, 2.05) is 36.7 Å². The van der Waals surface area contributed by atoms with Crippen LogP contribution in [0.3, 0.4) is 0 Å². The molecular formula is C13H9N3. The Hall–Kier alpha value is -2.29. The van der Waals surface area contributed by atoms with Crippen molar-refractivity contribution in [2.24, 2.45) is 0 Å². The first-order valence-electron chi connectivity index (χ1n) is 5.05. The first-order valence-corrected chi connectivity index (χ1v) is 5.05. The predicted octanol–water partition coefficient (Wildman–Crippen LogP) is 2.69. The van der Waals surface area contributed by atoms with Gasteiger partial charge < -0.3 is 0 Å². The van der Waals surface area contributed by atoms with E-state index < -0.39 is 0 Å². The first kappa shape index (κ1) is 8.97. The van der Waals surface area contributed by atoms with Gasteiger partial charge in [-0.2, -0.15) is 0 Å². The van der Waals surface area contributed by atoms with Gasteiger partial charge in [-0.05, 0) is 24.3 Å². The highest BCUT2D eigenvalue weighted by Gasteiger charge is 2.00. The van der Waals surface area contributed by atoms with Gasteiger partial charge in [0.25, 0.3) is 0 Å². The third kappa shape index (κ3) is 1.52. The molecule has 76 valence electrons. The maximum Gasteiger partial charge on any atom is 0.159 e. The summed E-state index contributed by atoms with van der Waals surface area (Å²) < 4.78 is 0. The summed E-state index contributed by atoms with van der Waals surface area (Å²) in [6.07, 6.45) is 7.17. The normalized spacial score (nSPS) is 10.5. The van der Waals surface area contributed by atoms with E-state index in [9.17, 15) is 0 Å². The molecule has 0 N–H and O–H groups in total. The lowest BCUT2D eigenvalue weighted by atomic mass is 10.1. The van der Waals surface area contributed by atoms with Crippen LogP contribution in [-0.4, -0.2) is 15.0 Å². The van der Waals surface area contributed by atoms with Gasteiger partial charge >= 0.3 is 0 Å². The van der Waals surface area contributed by atoms with Crippen LogP contribution in [-0.2, 0) is 0 Å². The molecule has 0 saturated heterocycles. The summed E-state index contributed by atoms with van der Waals surface area (Å²) in [6, 6.07) is 9.94. The van der Waals surface area contributed by atoms with Crippen molar-refractivity contribution < 1.29 is 0 Å².